The SMILES string of the molecule is COc1ccc(-c2c(NC(=O)c3ccc(OC(F)F)cc3)c(=O)n(-c3nc(N4CCC(C)(O)CC4)ccc3C(F)(F)F)n2C)c(F)c1. The van der Waals surface area contributed by atoms with Crippen LogP contribution >= 0.6 is 0 Å². The number of ether oxygens (including phenoxy) is 2. The third kappa shape index (κ3) is 6.91. The van der Waals surface area contributed by atoms with Crippen molar-refractivity contribution in [3.8, 4) is 28.6 Å². The second-order valence-electron chi connectivity index (χ2n) is 11.1. The zero-order valence-corrected chi connectivity index (χ0v) is 25.2. The number of carbonyl (C=O) groups is 1. The van der Waals surface area contributed by atoms with Crippen LogP contribution in [-0.2, 0) is 13.2 Å². The molecule has 16 heteroatoms. The van der Waals surface area contributed by atoms with Gasteiger partial charge in [0, 0.05) is 37.3 Å². The normalized spacial score (nSPS) is 14.7. The molecule has 47 heavy (non-hydrogen) atoms. The van der Waals surface area contributed by atoms with Crippen molar-refractivity contribution in [2.45, 2.75) is 38.2 Å². The number of amides is 1. The number of hydrogen-bond donors (Lipinski definition) is 2. The largest absolute Gasteiger partial charge is 0.497 e. The predicted molar refractivity (Wildman–Crippen MR) is 159 cm³/mol. The molecule has 250 valence electrons. The Bertz CT molecular complexity index is 1840. The summed E-state index contributed by atoms with van der Waals surface area (Å²) in [6.07, 6.45) is -4.34. The van der Waals surface area contributed by atoms with Crippen molar-refractivity contribution in [1.82, 2.24) is 14.3 Å². The van der Waals surface area contributed by atoms with E-state index < -0.39 is 52.7 Å². The fourth-order valence-corrected chi connectivity index (χ4v) is 5.27. The van der Waals surface area contributed by atoms with Crippen LogP contribution < -0.4 is 25.2 Å². The highest BCUT2D eigenvalue weighted by atomic mass is 19.4. The van der Waals surface area contributed by atoms with E-state index in [9.17, 15) is 36.6 Å². The van der Waals surface area contributed by atoms with Gasteiger partial charge in [0.2, 0.25) is 0 Å². The van der Waals surface area contributed by atoms with Gasteiger partial charge in [-0.2, -0.15) is 26.6 Å². The molecule has 3 heterocycles. The smallest absolute Gasteiger partial charge is 0.420 e. The number of nitrogens with one attached hydrogen (secondary N) is 1. The molecule has 4 aromatic rings. The molecule has 1 amide bonds. The molecule has 1 aliphatic rings. The highest BCUT2D eigenvalue weighted by Gasteiger charge is 2.38. The number of pyridine rings is 1. The van der Waals surface area contributed by atoms with Crippen LogP contribution in [0.1, 0.15) is 35.7 Å². The first-order valence-electron chi connectivity index (χ1n) is 14.2. The van der Waals surface area contributed by atoms with Gasteiger partial charge in [-0.15, -0.1) is 0 Å². The van der Waals surface area contributed by atoms with Gasteiger partial charge in [0.05, 0.1) is 18.4 Å². The summed E-state index contributed by atoms with van der Waals surface area (Å²) in [5.41, 5.74) is -4.66. The number of piperidine rings is 1. The Labute approximate surface area is 263 Å². The lowest BCUT2D eigenvalue weighted by Gasteiger charge is -2.36. The van der Waals surface area contributed by atoms with Crippen molar-refractivity contribution in [2.24, 2.45) is 7.05 Å². The summed E-state index contributed by atoms with van der Waals surface area (Å²) >= 11 is 0. The molecule has 10 nitrogen and oxygen atoms in total. The van der Waals surface area contributed by atoms with Crippen molar-refractivity contribution in [2.75, 3.05) is 30.4 Å². The van der Waals surface area contributed by atoms with E-state index >= 15 is 4.39 Å². The van der Waals surface area contributed by atoms with Gasteiger partial charge in [0.15, 0.2) is 5.82 Å². The Morgan fingerprint density at radius 2 is 1.68 bits per heavy atom. The quantitative estimate of drug-likeness (QED) is 0.236. The van der Waals surface area contributed by atoms with E-state index in [4.69, 9.17) is 4.74 Å². The average molecular weight is 666 g/mol. The maximum atomic E-state index is 15.5. The Balaban J connectivity index is 1.68. The van der Waals surface area contributed by atoms with Crippen LogP contribution in [0.5, 0.6) is 11.5 Å². The van der Waals surface area contributed by atoms with Crippen LogP contribution in [0.2, 0.25) is 0 Å². The molecular formula is C31H29F6N5O5. The highest BCUT2D eigenvalue weighted by molar-refractivity contribution is 6.06. The minimum Gasteiger partial charge on any atom is -0.497 e. The van der Waals surface area contributed by atoms with Crippen molar-refractivity contribution in [3.63, 3.8) is 0 Å². The summed E-state index contributed by atoms with van der Waals surface area (Å²) in [6, 6.07) is 9.95. The maximum absolute atomic E-state index is 15.5. The van der Waals surface area contributed by atoms with E-state index in [0.717, 1.165) is 47.1 Å². The van der Waals surface area contributed by atoms with Crippen LogP contribution in [0.25, 0.3) is 17.1 Å². The van der Waals surface area contributed by atoms with Gasteiger partial charge in [-0.1, -0.05) is 0 Å². The summed E-state index contributed by atoms with van der Waals surface area (Å²) in [5.74, 6) is -2.73. The topological polar surface area (TPSA) is 111 Å². The van der Waals surface area contributed by atoms with Crippen molar-refractivity contribution in [3.05, 3.63) is 81.9 Å². The first kappa shape index (κ1) is 33.4. The molecule has 0 spiro atoms. The van der Waals surface area contributed by atoms with E-state index in [1.807, 2.05) is 0 Å². The van der Waals surface area contributed by atoms with Gasteiger partial charge in [-0.3, -0.25) is 14.3 Å². The zero-order valence-electron chi connectivity index (χ0n) is 25.2. The summed E-state index contributed by atoms with van der Waals surface area (Å²) in [4.78, 5) is 33.2. The minimum absolute atomic E-state index is 0.102. The van der Waals surface area contributed by atoms with Gasteiger partial charge in [-0.25, -0.2) is 9.37 Å². The summed E-state index contributed by atoms with van der Waals surface area (Å²) in [6.45, 7) is -0.909. The van der Waals surface area contributed by atoms with Gasteiger partial charge >= 0.3 is 12.8 Å². The van der Waals surface area contributed by atoms with Crippen molar-refractivity contribution < 1.29 is 45.7 Å². The minimum atomic E-state index is -4.98. The number of methoxy groups -OCH3 is 1. The zero-order chi connectivity index (χ0) is 34.3. The van der Waals surface area contributed by atoms with Crippen LogP contribution in [0.4, 0.5) is 37.8 Å². The number of rotatable bonds is 8. The van der Waals surface area contributed by atoms with Crippen molar-refractivity contribution in [1.29, 1.82) is 0 Å². The van der Waals surface area contributed by atoms with Crippen molar-refractivity contribution >= 4 is 17.4 Å². The third-order valence-corrected chi connectivity index (χ3v) is 7.81. The van der Waals surface area contributed by atoms with Crippen LogP contribution in [0.15, 0.2) is 59.4 Å². The molecule has 0 unspecified atom stereocenters. The lowest BCUT2D eigenvalue weighted by Crippen LogP contribution is -2.43. The fourth-order valence-electron chi connectivity index (χ4n) is 5.27. The number of carbonyl (C=O) groups excluding carboxylic acids is 1. The number of halogens is 6. The second-order valence-corrected chi connectivity index (χ2v) is 11.1. The summed E-state index contributed by atoms with van der Waals surface area (Å²) in [5, 5.41) is 12.7. The molecule has 1 saturated heterocycles. The van der Waals surface area contributed by atoms with E-state index in [1.54, 1.807) is 11.8 Å². The Kier molecular flexibility index (Phi) is 8.99. The first-order chi connectivity index (χ1) is 22.1. The number of aromatic nitrogens is 3. The molecule has 5 rings (SSSR count). The average Bonchev–Trinajstić information content (AvgIpc) is 3.24. The van der Waals surface area contributed by atoms with Gasteiger partial charge in [-0.05, 0) is 68.3 Å². The molecule has 0 radical (unpaired) electrons. The predicted octanol–water partition coefficient (Wildman–Crippen LogP) is 5.61. The molecule has 0 bridgehead atoms. The summed E-state index contributed by atoms with van der Waals surface area (Å²) < 4.78 is 94.6. The lowest BCUT2D eigenvalue weighted by molar-refractivity contribution is -0.137. The summed E-state index contributed by atoms with van der Waals surface area (Å²) in [7, 11) is 2.50. The molecule has 1 aliphatic heterocycles. The Morgan fingerprint density at radius 1 is 1.04 bits per heavy atom. The number of aliphatic hydroxyl groups is 1. The number of hydrogen-bond acceptors (Lipinski definition) is 7. The number of nitrogens with zero attached hydrogens (tertiary/aromatic N) is 4. The van der Waals surface area contributed by atoms with E-state index in [0.29, 0.717) is 17.5 Å². The Morgan fingerprint density at radius 3 is 2.26 bits per heavy atom. The Hall–Kier alpha value is -4.99. The second kappa shape index (κ2) is 12.7. The molecule has 0 aliphatic carbocycles. The molecule has 0 atom stereocenters. The van der Waals surface area contributed by atoms with Crippen LogP contribution in [0.3, 0.4) is 0 Å². The van der Waals surface area contributed by atoms with Gasteiger partial charge in [0.1, 0.15) is 34.4 Å². The van der Waals surface area contributed by atoms with E-state index in [1.165, 1.54) is 26.3 Å². The highest BCUT2D eigenvalue weighted by Crippen LogP contribution is 2.37. The molecule has 2 aromatic heterocycles. The number of anilines is 2. The number of alkyl halides is 5. The maximum Gasteiger partial charge on any atom is 0.420 e. The van der Waals surface area contributed by atoms with E-state index in [2.05, 4.69) is 15.0 Å². The number of benzene rings is 2. The van der Waals surface area contributed by atoms with Gasteiger partial charge < -0.3 is 24.8 Å². The third-order valence-electron chi connectivity index (χ3n) is 7.81. The van der Waals surface area contributed by atoms with Crippen LogP contribution in [-0.4, -0.2) is 57.8 Å². The monoisotopic (exact) mass is 665 g/mol. The molecule has 0 saturated carbocycles. The standard InChI is InChI=1S/C31H29F6N5O5/c1-30(45)12-14-41(15-13-30)23-11-10-21(31(35,36)37)26(38-23)42-28(44)24(25(40(42)2)20-9-8-19(46-3)16-22(20)32)39-27(43)17-4-6-18(7-5-17)47-29(33)34/h4-11,16,29,45H,12-15H2,1-3H3,(H,39,43). The molecule has 1 fully saturated rings. The molecular weight excluding hydrogens is 636 g/mol. The van der Waals surface area contributed by atoms with Crippen LogP contribution in [0, 0.1) is 5.82 Å². The fraction of sp³-hybridized carbons (Fsp3) is 0.323. The van der Waals surface area contributed by atoms with E-state index in [-0.39, 0.29) is 47.2 Å². The molecule has 2 aromatic carbocycles. The molecule has 2 N–H and O–H groups in total. The lowest BCUT2D eigenvalue weighted by atomic mass is 9.94. The first-order valence-corrected chi connectivity index (χ1v) is 14.2. The van der Waals surface area contributed by atoms with Gasteiger partial charge in [0.25, 0.3) is 11.5 Å².